The number of thioether (sulfide) groups is 1. The Morgan fingerprint density at radius 3 is 2.33 bits per heavy atom. The molecule has 2 aromatic rings. The van der Waals surface area contributed by atoms with Gasteiger partial charge in [0.2, 0.25) is 17.7 Å². The first kappa shape index (κ1) is 32.1. The molecular formula is C26H40N6O6S. The normalized spacial score (nSPS) is 15.1. The highest BCUT2D eigenvalue weighted by atomic mass is 32.2. The second-order valence-electron chi connectivity index (χ2n) is 9.42. The summed E-state index contributed by atoms with van der Waals surface area (Å²) in [4.78, 5) is 54.0. The molecule has 13 heteroatoms. The van der Waals surface area contributed by atoms with E-state index >= 15 is 0 Å². The number of para-hydroxylation sites is 1. The number of carbonyl (C=O) groups is 4. The molecule has 1 aromatic heterocycles. The quantitative estimate of drug-likeness (QED) is 0.120. The number of fused-ring (bicyclic) bond motifs is 1. The topological polar surface area (TPSA) is 213 Å². The van der Waals surface area contributed by atoms with Crippen LogP contribution in [0, 0.1) is 0 Å². The number of aromatic nitrogens is 1. The third-order valence-corrected chi connectivity index (χ3v) is 6.97. The highest BCUT2D eigenvalue weighted by Crippen LogP contribution is 2.19. The number of aromatic amines is 1. The molecule has 5 unspecified atom stereocenters. The van der Waals surface area contributed by atoms with Crippen molar-refractivity contribution in [2.45, 2.75) is 69.3 Å². The number of amides is 3. The average molecular weight is 565 g/mol. The molecule has 12 nitrogen and oxygen atoms in total. The molecule has 216 valence electrons. The van der Waals surface area contributed by atoms with Gasteiger partial charge in [0, 0.05) is 23.5 Å². The maximum absolute atomic E-state index is 13.3. The number of nitrogens with one attached hydrogen (secondary N) is 4. The maximum atomic E-state index is 13.3. The summed E-state index contributed by atoms with van der Waals surface area (Å²) in [5.74, 6) is -2.79. The fourth-order valence-corrected chi connectivity index (χ4v) is 4.53. The molecule has 0 saturated carbocycles. The van der Waals surface area contributed by atoms with Gasteiger partial charge in [-0.1, -0.05) is 24.6 Å². The minimum atomic E-state index is -1.39. The summed E-state index contributed by atoms with van der Waals surface area (Å²) in [7, 11) is 0. The molecule has 1 aromatic carbocycles. The average Bonchev–Trinajstić information content (AvgIpc) is 3.31. The van der Waals surface area contributed by atoms with E-state index in [-0.39, 0.29) is 12.8 Å². The van der Waals surface area contributed by atoms with E-state index < -0.39 is 54.0 Å². The molecule has 0 aliphatic rings. The third-order valence-electron chi connectivity index (χ3n) is 6.33. The number of carboxylic acid groups (broad SMARTS) is 1. The predicted octanol–water partition coefficient (Wildman–Crippen LogP) is -0.160. The van der Waals surface area contributed by atoms with Gasteiger partial charge in [0.25, 0.3) is 0 Å². The number of carbonyl (C=O) groups excluding carboxylic acids is 3. The first-order valence-corrected chi connectivity index (χ1v) is 14.3. The number of aliphatic hydroxyl groups excluding tert-OH is 1. The highest BCUT2D eigenvalue weighted by molar-refractivity contribution is 7.98. The Bertz CT molecular complexity index is 1110. The van der Waals surface area contributed by atoms with Crippen molar-refractivity contribution >= 4 is 46.4 Å². The fraction of sp³-hybridized carbons (Fsp3) is 0.538. The number of nitrogens with two attached hydrogens (primary N) is 2. The number of carboxylic acids is 1. The van der Waals surface area contributed by atoms with Gasteiger partial charge in [0.15, 0.2) is 0 Å². The van der Waals surface area contributed by atoms with Crippen molar-refractivity contribution in [1.29, 1.82) is 0 Å². The molecule has 0 spiro atoms. The van der Waals surface area contributed by atoms with Crippen molar-refractivity contribution < 1.29 is 29.4 Å². The standard InChI is InChI=1S/C26H40N6O6S/c1-15(33)22(32-23(34)18(28)8-5-6-11-27)25(36)31-21(24(35)30-20(26(37)38)10-12-39-2)13-16-14-29-19-9-4-3-7-17(16)19/h3-4,7,9,14-15,18,20-22,29,33H,5-6,8,10-13,27-28H2,1-2H3,(H,30,35)(H,31,36)(H,32,34)(H,37,38). The van der Waals surface area contributed by atoms with Crippen molar-refractivity contribution in [3.05, 3.63) is 36.0 Å². The smallest absolute Gasteiger partial charge is 0.326 e. The van der Waals surface area contributed by atoms with Crippen LogP contribution in [0.3, 0.4) is 0 Å². The molecular weight excluding hydrogens is 524 g/mol. The number of benzene rings is 1. The maximum Gasteiger partial charge on any atom is 0.326 e. The van der Waals surface area contributed by atoms with Gasteiger partial charge in [0.05, 0.1) is 12.1 Å². The van der Waals surface area contributed by atoms with Gasteiger partial charge in [-0.05, 0) is 56.4 Å². The summed E-state index contributed by atoms with van der Waals surface area (Å²) in [6.07, 6.45) is 4.17. The molecule has 0 radical (unpaired) electrons. The summed E-state index contributed by atoms with van der Waals surface area (Å²) in [6.45, 7) is 1.80. The van der Waals surface area contributed by atoms with E-state index in [1.54, 1.807) is 6.20 Å². The van der Waals surface area contributed by atoms with Crippen molar-refractivity contribution in [3.63, 3.8) is 0 Å². The summed E-state index contributed by atoms with van der Waals surface area (Å²) >= 11 is 1.45. The van der Waals surface area contributed by atoms with Crippen molar-refractivity contribution in [3.8, 4) is 0 Å². The van der Waals surface area contributed by atoms with Crippen LogP contribution in [0.1, 0.15) is 38.2 Å². The molecule has 39 heavy (non-hydrogen) atoms. The van der Waals surface area contributed by atoms with Crippen LogP contribution in [0.25, 0.3) is 10.9 Å². The molecule has 1 heterocycles. The van der Waals surface area contributed by atoms with Crippen LogP contribution in [0.15, 0.2) is 30.5 Å². The third kappa shape index (κ3) is 9.84. The van der Waals surface area contributed by atoms with E-state index in [0.717, 1.165) is 16.5 Å². The Morgan fingerprint density at radius 1 is 1.00 bits per heavy atom. The molecule has 0 bridgehead atoms. The van der Waals surface area contributed by atoms with Crippen molar-refractivity contribution in [2.75, 3.05) is 18.6 Å². The van der Waals surface area contributed by atoms with E-state index in [2.05, 4.69) is 20.9 Å². The first-order valence-electron chi connectivity index (χ1n) is 12.9. The number of aliphatic hydroxyl groups is 1. The SMILES string of the molecule is CSCCC(NC(=O)C(Cc1c[nH]c2ccccc12)NC(=O)C(NC(=O)C(N)CCCCN)C(C)O)C(=O)O. The second kappa shape index (κ2) is 16.1. The number of hydrogen-bond donors (Lipinski definition) is 8. The van der Waals surface area contributed by atoms with Gasteiger partial charge < -0.3 is 42.6 Å². The summed E-state index contributed by atoms with van der Waals surface area (Å²) < 4.78 is 0. The zero-order valence-electron chi connectivity index (χ0n) is 22.3. The lowest BCUT2D eigenvalue weighted by atomic mass is 10.0. The minimum Gasteiger partial charge on any atom is -0.480 e. The lowest BCUT2D eigenvalue weighted by Crippen LogP contribution is -2.60. The molecule has 0 aliphatic heterocycles. The molecule has 0 saturated heterocycles. The zero-order valence-corrected chi connectivity index (χ0v) is 23.1. The van der Waals surface area contributed by atoms with Gasteiger partial charge in [0.1, 0.15) is 18.1 Å². The van der Waals surface area contributed by atoms with Crippen LogP contribution in [-0.2, 0) is 25.6 Å². The molecule has 5 atom stereocenters. The second-order valence-corrected chi connectivity index (χ2v) is 10.4. The summed E-state index contributed by atoms with van der Waals surface area (Å²) in [6, 6.07) is 2.80. The van der Waals surface area contributed by atoms with Crippen LogP contribution >= 0.6 is 11.8 Å². The van der Waals surface area contributed by atoms with Gasteiger partial charge in [-0.25, -0.2) is 4.79 Å². The van der Waals surface area contributed by atoms with Gasteiger partial charge >= 0.3 is 5.97 Å². The lowest BCUT2D eigenvalue weighted by Gasteiger charge is -2.26. The molecule has 2 rings (SSSR count). The predicted molar refractivity (Wildman–Crippen MR) is 151 cm³/mol. The van der Waals surface area contributed by atoms with Crippen LogP contribution < -0.4 is 27.4 Å². The van der Waals surface area contributed by atoms with Crippen LogP contribution in [0.4, 0.5) is 0 Å². The molecule has 10 N–H and O–H groups in total. The van der Waals surface area contributed by atoms with Crippen LogP contribution in [0.5, 0.6) is 0 Å². The van der Waals surface area contributed by atoms with E-state index in [4.69, 9.17) is 11.5 Å². The Balaban J connectivity index is 2.25. The van der Waals surface area contributed by atoms with Gasteiger partial charge in [-0.2, -0.15) is 11.8 Å². The molecule has 0 fully saturated rings. The molecule has 0 aliphatic carbocycles. The Kier molecular flexibility index (Phi) is 13.2. The lowest BCUT2D eigenvalue weighted by molar-refractivity contribution is -0.142. The van der Waals surface area contributed by atoms with E-state index in [1.165, 1.54) is 18.7 Å². The van der Waals surface area contributed by atoms with Gasteiger partial charge in [-0.15, -0.1) is 0 Å². The monoisotopic (exact) mass is 564 g/mol. The van der Waals surface area contributed by atoms with Crippen molar-refractivity contribution in [1.82, 2.24) is 20.9 Å². The van der Waals surface area contributed by atoms with Crippen LogP contribution in [0.2, 0.25) is 0 Å². The number of H-pyrrole nitrogens is 1. The fourth-order valence-electron chi connectivity index (χ4n) is 4.06. The summed E-state index contributed by atoms with van der Waals surface area (Å²) in [5.41, 5.74) is 13.0. The Morgan fingerprint density at radius 2 is 1.69 bits per heavy atom. The zero-order chi connectivity index (χ0) is 28.9. The van der Waals surface area contributed by atoms with Crippen LogP contribution in [-0.4, -0.2) is 87.7 Å². The number of unbranched alkanes of at least 4 members (excludes halogenated alkanes) is 1. The Hall–Kier alpha value is -3.13. The van der Waals surface area contributed by atoms with Crippen molar-refractivity contribution in [2.24, 2.45) is 11.5 Å². The van der Waals surface area contributed by atoms with E-state index in [1.807, 2.05) is 30.5 Å². The number of rotatable bonds is 17. The Labute approximate surface area is 232 Å². The van der Waals surface area contributed by atoms with Gasteiger partial charge in [-0.3, -0.25) is 14.4 Å². The largest absolute Gasteiger partial charge is 0.480 e. The minimum absolute atomic E-state index is 0.0372. The number of hydrogen-bond acceptors (Lipinski definition) is 8. The highest BCUT2D eigenvalue weighted by Gasteiger charge is 2.32. The van der Waals surface area contributed by atoms with E-state index in [0.29, 0.717) is 31.6 Å². The van der Waals surface area contributed by atoms with E-state index in [9.17, 15) is 29.4 Å². The summed E-state index contributed by atoms with van der Waals surface area (Å²) in [5, 5.41) is 28.3. The first-order chi connectivity index (χ1) is 18.6. The molecule has 3 amide bonds. The number of aliphatic carboxylic acids is 1.